The molecule has 2 aromatic carbocycles. The molecule has 1 heterocycles. The van der Waals surface area contributed by atoms with Crippen molar-refractivity contribution < 1.29 is 0 Å². The Morgan fingerprint density at radius 1 is 0.645 bits per heavy atom. The zero-order valence-electron chi connectivity index (χ0n) is 18.1. The van der Waals surface area contributed by atoms with Gasteiger partial charge in [0.1, 0.15) is 0 Å². The van der Waals surface area contributed by atoms with E-state index in [0.717, 1.165) is 25.9 Å². The van der Waals surface area contributed by atoms with Gasteiger partial charge in [-0.05, 0) is 43.2 Å². The van der Waals surface area contributed by atoms with Crippen molar-refractivity contribution in [2.24, 2.45) is 10.3 Å². The molecule has 31 heavy (non-hydrogen) atoms. The van der Waals surface area contributed by atoms with Crippen molar-refractivity contribution >= 4 is 0 Å². The van der Waals surface area contributed by atoms with Crippen LogP contribution in [0.4, 0.5) is 0 Å². The summed E-state index contributed by atoms with van der Waals surface area (Å²) in [7, 11) is 1.72. The fraction of sp³-hybridized carbons (Fsp3) is 0.571. The minimum atomic E-state index is 0. The second-order valence-electron chi connectivity index (χ2n) is 5.98. The Morgan fingerprint density at radius 3 is 1.26 bits per heavy atom. The fourth-order valence-electron chi connectivity index (χ4n) is 2.52. The highest BCUT2D eigenvalue weighted by atomic mass is 15.5. The number of piperidine rings is 1. The molecule has 0 radical (unpaired) electrons. The van der Waals surface area contributed by atoms with E-state index >= 15 is 0 Å². The van der Waals surface area contributed by atoms with Crippen LogP contribution in [0.1, 0.15) is 87.8 Å². The molecular formula is C28H55N3. The van der Waals surface area contributed by atoms with E-state index in [1.54, 1.807) is 7.05 Å². The first kappa shape index (κ1) is 39.3. The maximum Gasteiger partial charge on any atom is 0.0509 e. The molecule has 0 atom stereocenters. The Kier molecular flexibility index (Phi) is 38.1. The van der Waals surface area contributed by atoms with Crippen molar-refractivity contribution in [3.63, 3.8) is 0 Å². The summed E-state index contributed by atoms with van der Waals surface area (Å²) < 4.78 is 0. The lowest BCUT2D eigenvalue weighted by Crippen LogP contribution is -2.23. The van der Waals surface area contributed by atoms with E-state index < -0.39 is 0 Å². The van der Waals surface area contributed by atoms with Gasteiger partial charge in [0.05, 0.1) is 7.05 Å². The molecule has 1 saturated heterocycles. The number of rotatable bonds is 3. The highest BCUT2D eigenvalue weighted by Gasteiger charge is 2.05. The van der Waals surface area contributed by atoms with Crippen molar-refractivity contribution in [3.05, 3.63) is 71.8 Å². The van der Waals surface area contributed by atoms with Crippen molar-refractivity contribution in [1.29, 1.82) is 0 Å². The second kappa shape index (κ2) is 30.0. The highest BCUT2D eigenvalue weighted by molar-refractivity contribution is 5.14. The standard InChI is InChI=1S/2C8H10.C6H13N3.C2H6.4CH4/c2*1-2-8-6-4-3-5-7-8;1-7-8-9-5-3-2-4-6-9;1-2;;;;/h2*3-7H,2H2,1H3;2-6H2,1H3;1-2H3;4*1H4. The second-order valence-corrected chi connectivity index (χ2v) is 5.98. The number of hydrogen-bond donors (Lipinski definition) is 0. The summed E-state index contributed by atoms with van der Waals surface area (Å²) in [6.07, 6.45) is 6.19. The first-order valence-corrected chi connectivity index (χ1v) is 10.4. The van der Waals surface area contributed by atoms with Crippen molar-refractivity contribution in [3.8, 4) is 0 Å². The smallest absolute Gasteiger partial charge is 0.0509 e. The van der Waals surface area contributed by atoms with Crippen LogP contribution in [-0.2, 0) is 12.8 Å². The van der Waals surface area contributed by atoms with Crippen molar-refractivity contribution in [1.82, 2.24) is 5.01 Å². The minimum Gasteiger partial charge on any atom is -0.279 e. The molecule has 0 unspecified atom stereocenters. The Bertz CT molecular complexity index is 507. The molecule has 0 aromatic heterocycles. The Labute approximate surface area is 197 Å². The maximum atomic E-state index is 3.94. The topological polar surface area (TPSA) is 28.0 Å². The van der Waals surface area contributed by atoms with Crippen LogP contribution in [0.3, 0.4) is 0 Å². The molecule has 0 aliphatic carbocycles. The third kappa shape index (κ3) is 22.3. The first-order chi connectivity index (χ1) is 13.3. The summed E-state index contributed by atoms with van der Waals surface area (Å²) in [6, 6.07) is 20.9. The molecule has 0 spiro atoms. The number of aryl methyl sites for hydroxylation is 2. The van der Waals surface area contributed by atoms with E-state index in [0.29, 0.717) is 0 Å². The zero-order valence-corrected chi connectivity index (χ0v) is 18.1. The van der Waals surface area contributed by atoms with E-state index in [1.165, 1.54) is 30.4 Å². The van der Waals surface area contributed by atoms with E-state index in [2.05, 4.69) is 72.7 Å². The largest absolute Gasteiger partial charge is 0.279 e. The highest BCUT2D eigenvalue weighted by Crippen LogP contribution is 2.08. The number of hydrogen-bond acceptors (Lipinski definition) is 2. The number of nitrogens with zero attached hydrogens (tertiary/aromatic N) is 3. The Balaban J connectivity index is -0.0000000987. The molecule has 1 aliphatic rings. The van der Waals surface area contributed by atoms with E-state index in [4.69, 9.17) is 0 Å². The van der Waals surface area contributed by atoms with Gasteiger partial charge in [0.25, 0.3) is 0 Å². The lowest BCUT2D eigenvalue weighted by Gasteiger charge is -2.21. The predicted octanol–water partition coefficient (Wildman–Crippen LogP) is 9.54. The SMILES string of the molecule is C.C.C.C.CC.CCc1ccccc1.CCc1ccccc1.CN=NN1CCCCC1. The molecule has 3 heteroatoms. The molecule has 1 aliphatic heterocycles. The molecule has 0 N–H and O–H groups in total. The average Bonchev–Trinajstić information content (AvgIpc) is 2.78. The lowest BCUT2D eigenvalue weighted by molar-refractivity contribution is 0.223. The molecule has 0 amide bonds. The molecule has 3 nitrogen and oxygen atoms in total. The van der Waals surface area contributed by atoms with Gasteiger partial charge in [-0.2, -0.15) is 5.11 Å². The molecule has 0 bridgehead atoms. The summed E-state index contributed by atoms with van der Waals surface area (Å²) in [5.74, 6) is 0. The zero-order chi connectivity index (χ0) is 20.2. The normalized spacial score (nSPS) is 11.1. The van der Waals surface area contributed by atoms with Gasteiger partial charge >= 0.3 is 0 Å². The third-order valence-electron chi connectivity index (χ3n) is 4.05. The summed E-state index contributed by atoms with van der Waals surface area (Å²) in [6.45, 7) is 10.5. The first-order valence-electron chi connectivity index (χ1n) is 10.4. The number of benzene rings is 2. The van der Waals surface area contributed by atoms with Gasteiger partial charge < -0.3 is 0 Å². The van der Waals surface area contributed by atoms with E-state index in [-0.39, 0.29) is 29.7 Å². The summed E-state index contributed by atoms with van der Waals surface area (Å²) >= 11 is 0. The van der Waals surface area contributed by atoms with Crippen LogP contribution < -0.4 is 0 Å². The predicted molar refractivity (Wildman–Crippen MR) is 146 cm³/mol. The Morgan fingerprint density at radius 2 is 1.00 bits per heavy atom. The van der Waals surface area contributed by atoms with Crippen LogP contribution in [-0.4, -0.2) is 25.1 Å². The van der Waals surface area contributed by atoms with Crippen LogP contribution in [0.25, 0.3) is 0 Å². The summed E-state index contributed by atoms with van der Waals surface area (Å²) in [5.41, 5.74) is 2.82. The van der Waals surface area contributed by atoms with Crippen molar-refractivity contribution in [2.75, 3.05) is 20.1 Å². The van der Waals surface area contributed by atoms with E-state index in [9.17, 15) is 0 Å². The molecule has 1 fully saturated rings. The van der Waals surface area contributed by atoms with E-state index in [1.807, 2.05) is 31.0 Å². The molecule has 2 aromatic rings. The minimum absolute atomic E-state index is 0. The average molecular weight is 434 g/mol. The van der Waals surface area contributed by atoms with Crippen LogP contribution in [0, 0.1) is 0 Å². The van der Waals surface area contributed by atoms with Crippen LogP contribution in [0.2, 0.25) is 0 Å². The third-order valence-corrected chi connectivity index (χ3v) is 4.05. The van der Waals surface area contributed by atoms with Gasteiger partial charge in [-0.1, -0.05) is 123 Å². The van der Waals surface area contributed by atoms with Gasteiger partial charge in [-0.15, -0.1) is 0 Å². The van der Waals surface area contributed by atoms with Gasteiger partial charge in [0, 0.05) is 13.1 Å². The van der Waals surface area contributed by atoms with Crippen LogP contribution in [0.5, 0.6) is 0 Å². The monoisotopic (exact) mass is 433 g/mol. The summed E-state index contributed by atoms with van der Waals surface area (Å²) in [5, 5.41) is 9.68. The Hall–Kier alpha value is -2.16. The van der Waals surface area contributed by atoms with Crippen LogP contribution in [0.15, 0.2) is 71.0 Å². The fourth-order valence-corrected chi connectivity index (χ4v) is 2.52. The summed E-state index contributed by atoms with van der Waals surface area (Å²) in [4.78, 5) is 0. The van der Waals surface area contributed by atoms with Crippen molar-refractivity contribution in [2.45, 2.75) is 89.5 Å². The molecule has 0 saturated carbocycles. The van der Waals surface area contributed by atoms with Gasteiger partial charge in [-0.3, -0.25) is 5.01 Å². The van der Waals surface area contributed by atoms with Gasteiger partial charge in [0.2, 0.25) is 0 Å². The van der Waals surface area contributed by atoms with Gasteiger partial charge in [-0.25, -0.2) is 0 Å². The molecule has 3 rings (SSSR count). The lowest BCUT2D eigenvalue weighted by atomic mass is 10.2. The molecule has 182 valence electrons. The quantitative estimate of drug-likeness (QED) is 0.443. The van der Waals surface area contributed by atoms with Gasteiger partial charge in [0.15, 0.2) is 0 Å². The maximum absolute atomic E-state index is 3.94. The molecular weight excluding hydrogens is 378 g/mol. The van der Waals surface area contributed by atoms with Crippen LogP contribution >= 0.6 is 0 Å².